The number of benzene rings is 2. The molecule has 1 unspecified atom stereocenters. The van der Waals surface area contributed by atoms with E-state index in [1.165, 1.54) is 18.6 Å². The molecule has 5 heteroatoms. The lowest BCUT2D eigenvalue weighted by Crippen LogP contribution is -2.52. The Morgan fingerprint density at radius 3 is 2.29 bits per heavy atom. The molecule has 31 heavy (non-hydrogen) atoms. The van der Waals surface area contributed by atoms with Gasteiger partial charge in [0.2, 0.25) is 0 Å². The lowest BCUT2D eigenvalue weighted by atomic mass is 9.98. The number of halogens is 2. The number of piperidine rings is 2. The smallest absolute Gasteiger partial charge is 0.131 e. The first-order valence-corrected chi connectivity index (χ1v) is 11.7. The molecule has 2 saturated heterocycles. The number of ether oxygens (including phenoxy) is 1. The Bertz CT molecular complexity index is 831. The third kappa shape index (κ3) is 5.45. The molecular formula is C26H34F2N2O. The minimum Gasteiger partial charge on any atom is -0.371 e. The Balaban J connectivity index is 1.41. The van der Waals surface area contributed by atoms with Crippen LogP contribution in [0.4, 0.5) is 14.5 Å². The van der Waals surface area contributed by atoms with E-state index in [-0.39, 0.29) is 5.56 Å². The first-order chi connectivity index (χ1) is 15.0. The summed E-state index contributed by atoms with van der Waals surface area (Å²) in [5.41, 5.74) is 1.60. The van der Waals surface area contributed by atoms with Crippen LogP contribution in [0.5, 0.6) is 0 Å². The van der Waals surface area contributed by atoms with Gasteiger partial charge in [-0.2, -0.15) is 0 Å². The Kier molecular flexibility index (Phi) is 7.24. The number of hydrogen-bond donors (Lipinski definition) is 0. The van der Waals surface area contributed by atoms with Crippen LogP contribution in [0.25, 0.3) is 0 Å². The maximum atomic E-state index is 14.9. The summed E-state index contributed by atoms with van der Waals surface area (Å²) in [7, 11) is 0. The van der Waals surface area contributed by atoms with Crippen molar-refractivity contribution in [2.75, 3.05) is 31.1 Å². The second-order valence-corrected chi connectivity index (χ2v) is 9.08. The summed E-state index contributed by atoms with van der Waals surface area (Å²) in [6, 6.07) is 13.2. The highest BCUT2D eigenvalue weighted by Crippen LogP contribution is 2.31. The molecule has 1 atom stereocenters. The van der Waals surface area contributed by atoms with Gasteiger partial charge in [-0.3, -0.25) is 4.90 Å². The van der Waals surface area contributed by atoms with Crippen molar-refractivity contribution in [3.63, 3.8) is 0 Å². The van der Waals surface area contributed by atoms with Crippen LogP contribution in [0.15, 0.2) is 42.5 Å². The Morgan fingerprint density at radius 2 is 1.58 bits per heavy atom. The number of anilines is 1. The van der Waals surface area contributed by atoms with E-state index in [1.54, 1.807) is 0 Å². The van der Waals surface area contributed by atoms with Crippen molar-refractivity contribution in [2.24, 2.45) is 0 Å². The Hall–Kier alpha value is -1.98. The van der Waals surface area contributed by atoms with E-state index < -0.39 is 17.4 Å². The molecule has 2 aliphatic rings. The van der Waals surface area contributed by atoms with E-state index in [4.69, 9.17) is 4.74 Å². The fourth-order valence-electron chi connectivity index (χ4n) is 4.89. The standard InChI is InChI=1S/C26H34F2N2O/c1-26(31-20-21-10-4-2-5-11-21)13-6-9-16-30(26)17-12-23-24(27)18-22(19-25(23)28)29-14-7-3-8-15-29/h2,4-5,10-11,18-19H,3,6-9,12-17,20H2,1H3. The van der Waals surface area contributed by atoms with Gasteiger partial charge in [0.15, 0.2) is 0 Å². The molecular weight excluding hydrogens is 394 g/mol. The lowest BCUT2D eigenvalue weighted by molar-refractivity contribution is -0.170. The summed E-state index contributed by atoms with van der Waals surface area (Å²) in [6.07, 6.45) is 6.84. The molecule has 0 aromatic heterocycles. The summed E-state index contributed by atoms with van der Waals surface area (Å²) < 4.78 is 36.1. The van der Waals surface area contributed by atoms with Crippen molar-refractivity contribution >= 4 is 5.69 Å². The molecule has 0 spiro atoms. The molecule has 2 heterocycles. The van der Waals surface area contributed by atoms with Crippen LogP contribution in [-0.4, -0.2) is 36.8 Å². The van der Waals surface area contributed by atoms with Crippen molar-refractivity contribution in [3.8, 4) is 0 Å². The van der Waals surface area contributed by atoms with Gasteiger partial charge in [0.1, 0.15) is 17.4 Å². The second kappa shape index (κ2) is 10.1. The van der Waals surface area contributed by atoms with Crippen LogP contribution in [0, 0.1) is 11.6 Å². The van der Waals surface area contributed by atoms with E-state index in [2.05, 4.69) is 28.9 Å². The zero-order chi connectivity index (χ0) is 21.7. The molecule has 0 bridgehead atoms. The highest BCUT2D eigenvalue weighted by Gasteiger charge is 2.35. The van der Waals surface area contributed by atoms with Gasteiger partial charge in [-0.15, -0.1) is 0 Å². The summed E-state index contributed by atoms with van der Waals surface area (Å²) >= 11 is 0. The summed E-state index contributed by atoms with van der Waals surface area (Å²) in [5.74, 6) is -0.853. The second-order valence-electron chi connectivity index (χ2n) is 9.08. The first kappa shape index (κ1) is 22.2. The monoisotopic (exact) mass is 428 g/mol. The highest BCUT2D eigenvalue weighted by atomic mass is 19.1. The average Bonchev–Trinajstić information content (AvgIpc) is 2.79. The predicted molar refractivity (Wildman–Crippen MR) is 121 cm³/mol. The molecule has 2 aromatic carbocycles. The third-order valence-electron chi connectivity index (χ3n) is 6.86. The van der Waals surface area contributed by atoms with E-state index in [1.807, 2.05) is 18.2 Å². The van der Waals surface area contributed by atoms with Gasteiger partial charge in [-0.1, -0.05) is 30.3 Å². The minimum absolute atomic E-state index is 0.191. The van der Waals surface area contributed by atoms with Crippen LogP contribution in [0.3, 0.4) is 0 Å². The molecule has 0 radical (unpaired) electrons. The topological polar surface area (TPSA) is 15.7 Å². The Morgan fingerprint density at radius 1 is 0.903 bits per heavy atom. The van der Waals surface area contributed by atoms with Crippen molar-refractivity contribution in [1.82, 2.24) is 4.90 Å². The SMILES string of the molecule is CC1(OCc2ccccc2)CCCCN1CCc1c(F)cc(N2CCCCC2)cc1F. The summed E-state index contributed by atoms with van der Waals surface area (Å²) in [4.78, 5) is 4.36. The fourth-order valence-corrected chi connectivity index (χ4v) is 4.89. The number of rotatable bonds is 7. The molecule has 4 rings (SSSR count). The lowest BCUT2D eigenvalue weighted by Gasteiger charge is -2.44. The maximum absolute atomic E-state index is 14.9. The van der Waals surface area contributed by atoms with Gasteiger partial charge in [0.05, 0.1) is 6.61 Å². The van der Waals surface area contributed by atoms with Gasteiger partial charge in [-0.05, 0) is 69.6 Å². The molecule has 2 aromatic rings. The molecule has 0 N–H and O–H groups in total. The molecule has 168 valence electrons. The van der Waals surface area contributed by atoms with Gasteiger partial charge < -0.3 is 9.64 Å². The van der Waals surface area contributed by atoms with Crippen molar-refractivity contribution in [2.45, 2.75) is 64.2 Å². The molecule has 0 aliphatic carbocycles. The molecule has 3 nitrogen and oxygen atoms in total. The van der Waals surface area contributed by atoms with Gasteiger partial charge in [0.25, 0.3) is 0 Å². The van der Waals surface area contributed by atoms with Crippen LogP contribution in [0.1, 0.15) is 56.6 Å². The number of hydrogen-bond acceptors (Lipinski definition) is 3. The van der Waals surface area contributed by atoms with Gasteiger partial charge in [0, 0.05) is 37.4 Å². The van der Waals surface area contributed by atoms with E-state index in [9.17, 15) is 8.78 Å². The zero-order valence-corrected chi connectivity index (χ0v) is 18.6. The normalized spacial score (nSPS) is 22.6. The quantitative estimate of drug-likeness (QED) is 0.545. The largest absolute Gasteiger partial charge is 0.371 e. The van der Waals surface area contributed by atoms with Gasteiger partial charge in [-0.25, -0.2) is 8.78 Å². The van der Waals surface area contributed by atoms with Crippen LogP contribution < -0.4 is 4.90 Å². The summed E-state index contributed by atoms with van der Waals surface area (Å²) in [5, 5.41) is 0. The number of likely N-dealkylation sites (tertiary alicyclic amines) is 1. The average molecular weight is 429 g/mol. The fraction of sp³-hybridized carbons (Fsp3) is 0.538. The van der Waals surface area contributed by atoms with Crippen LogP contribution in [-0.2, 0) is 17.8 Å². The highest BCUT2D eigenvalue weighted by molar-refractivity contribution is 5.49. The molecule has 2 aliphatic heterocycles. The molecule has 0 saturated carbocycles. The predicted octanol–water partition coefficient (Wildman–Crippen LogP) is 5.92. The van der Waals surface area contributed by atoms with Crippen molar-refractivity contribution in [1.29, 1.82) is 0 Å². The summed E-state index contributed by atoms with van der Waals surface area (Å²) in [6.45, 7) is 5.89. The zero-order valence-electron chi connectivity index (χ0n) is 18.6. The minimum atomic E-state index is -0.426. The maximum Gasteiger partial charge on any atom is 0.131 e. The number of nitrogens with zero attached hydrogens (tertiary/aromatic N) is 2. The van der Waals surface area contributed by atoms with E-state index in [0.717, 1.165) is 57.3 Å². The third-order valence-corrected chi connectivity index (χ3v) is 6.86. The first-order valence-electron chi connectivity index (χ1n) is 11.7. The van der Waals surface area contributed by atoms with E-state index >= 15 is 0 Å². The molecule has 2 fully saturated rings. The van der Waals surface area contributed by atoms with Crippen molar-refractivity contribution < 1.29 is 13.5 Å². The van der Waals surface area contributed by atoms with E-state index in [0.29, 0.717) is 25.3 Å². The Labute approximate surface area is 185 Å². The van der Waals surface area contributed by atoms with Gasteiger partial charge >= 0.3 is 0 Å². The molecule has 0 amide bonds. The van der Waals surface area contributed by atoms with Crippen molar-refractivity contribution in [3.05, 3.63) is 65.2 Å². The van der Waals surface area contributed by atoms with Crippen LogP contribution in [0.2, 0.25) is 0 Å². The van der Waals surface area contributed by atoms with Crippen LogP contribution >= 0.6 is 0 Å².